The van der Waals surface area contributed by atoms with E-state index in [0.717, 1.165) is 17.0 Å². The topological polar surface area (TPSA) is 98.8 Å². The number of oxime groups is 1. The third-order valence-corrected chi connectivity index (χ3v) is 3.99. The number of rotatable bonds is 4. The normalized spacial score (nSPS) is 13.3. The molecule has 3 rings (SSSR count). The maximum atomic E-state index is 12.7. The molecule has 0 aliphatic carbocycles. The summed E-state index contributed by atoms with van der Waals surface area (Å²) in [6, 6.07) is 11.2. The monoisotopic (exact) mass is 374 g/mol. The molecule has 8 heteroatoms. The number of oxazole rings is 1. The van der Waals surface area contributed by atoms with Crippen molar-refractivity contribution in [1.82, 2.24) is 4.98 Å². The number of hydrogen-bond acceptors (Lipinski definition) is 7. The van der Waals surface area contributed by atoms with E-state index in [4.69, 9.17) is 4.42 Å². The van der Waals surface area contributed by atoms with Gasteiger partial charge in [0.1, 0.15) is 5.52 Å². The van der Waals surface area contributed by atoms with E-state index in [0.29, 0.717) is 11.1 Å². The largest absolute Gasteiger partial charge is 0.434 e. The van der Waals surface area contributed by atoms with E-state index in [1.165, 1.54) is 0 Å². The maximum Gasteiger partial charge on any atom is 0.325 e. The molecule has 0 unspecified atom stereocenters. The Hall–Kier alpha value is -2.74. The minimum Gasteiger partial charge on any atom is -0.434 e. The number of hydrogen-bond donors (Lipinski definition) is 0. The van der Waals surface area contributed by atoms with Crippen LogP contribution in [0.15, 0.2) is 46.0 Å². The number of carbonyl (C=O) groups excluding carboxylic acids is 1. The van der Waals surface area contributed by atoms with Crippen LogP contribution in [-0.4, -0.2) is 31.2 Å². The Balaban J connectivity index is 2.20. The number of ketones is 1. The van der Waals surface area contributed by atoms with Crippen LogP contribution in [-0.2, 0) is 19.2 Å². The highest BCUT2D eigenvalue weighted by atomic mass is 32.2. The molecule has 0 saturated carbocycles. The van der Waals surface area contributed by atoms with Gasteiger partial charge in [0.2, 0.25) is 5.71 Å². The van der Waals surface area contributed by atoms with Gasteiger partial charge >= 0.3 is 10.1 Å². The number of fused-ring (bicyclic) bond motifs is 3. The van der Waals surface area contributed by atoms with Crippen LogP contribution in [0.25, 0.3) is 21.9 Å². The molecule has 136 valence electrons. The van der Waals surface area contributed by atoms with Gasteiger partial charge in [0.25, 0.3) is 5.89 Å². The van der Waals surface area contributed by atoms with Crippen LogP contribution < -0.4 is 0 Å². The molecule has 0 radical (unpaired) electrons. The van der Waals surface area contributed by atoms with Gasteiger partial charge in [-0.3, -0.25) is 9.08 Å². The van der Waals surface area contributed by atoms with Crippen molar-refractivity contribution in [2.75, 3.05) is 6.26 Å². The lowest BCUT2D eigenvalue weighted by Gasteiger charge is -2.15. The SMILES string of the molecule is CC(C)(C)C(=O)C(=NOS(C)(=O)=O)c1nc2c(ccc3ccccc32)o1. The highest BCUT2D eigenvalue weighted by Gasteiger charge is 2.32. The van der Waals surface area contributed by atoms with Crippen molar-refractivity contribution >= 4 is 43.5 Å². The molecular weight excluding hydrogens is 356 g/mol. The summed E-state index contributed by atoms with van der Waals surface area (Å²) in [5.41, 5.74) is -0.0786. The first-order chi connectivity index (χ1) is 12.1. The van der Waals surface area contributed by atoms with E-state index < -0.39 is 21.3 Å². The van der Waals surface area contributed by atoms with E-state index in [9.17, 15) is 13.2 Å². The van der Waals surface area contributed by atoms with Crippen molar-refractivity contribution in [3.63, 3.8) is 0 Å². The highest BCUT2D eigenvalue weighted by Crippen LogP contribution is 2.27. The Morgan fingerprint density at radius 1 is 1.15 bits per heavy atom. The lowest BCUT2D eigenvalue weighted by molar-refractivity contribution is -0.119. The first-order valence-electron chi connectivity index (χ1n) is 7.86. The summed E-state index contributed by atoms with van der Waals surface area (Å²) in [5, 5.41) is 5.35. The fraction of sp³-hybridized carbons (Fsp3) is 0.278. The Bertz CT molecular complexity index is 1140. The Morgan fingerprint density at radius 2 is 1.85 bits per heavy atom. The van der Waals surface area contributed by atoms with E-state index in [-0.39, 0.29) is 11.6 Å². The number of carbonyl (C=O) groups is 1. The third kappa shape index (κ3) is 3.60. The Labute approximate surface area is 150 Å². The molecule has 0 spiro atoms. The molecule has 0 N–H and O–H groups in total. The molecule has 0 saturated heterocycles. The van der Waals surface area contributed by atoms with Crippen LogP contribution in [0, 0.1) is 5.41 Å². The lowest BCUT2D eigenvalue weighted by atomic mass is 9.88. The second-order valence-electron chi connectivity index (χ2n) is 6.95. The molecule has 0 aliphatic rings. The van der Waals surface area contributed by atoms with Crippen LogP contribution in [0.2, 0.25) is 0 Å². The summed E-state index contributed by atoms with van der Waals surface area (Å²) in [6.07, 6.45) is 0.843. The number of Topliss-reactive ketones (excluding diaryl/α,β-unsaturated/α-hetero) is 1. The predicted molar refractivity (Wildman–Crippen MR) is 98.4 cm³/mol. The minimum atomic E-state index is -3.88. The Morgan fingerprint density at radius 3 is 2.50 bits per heavy atom. The first-order valence-corrected chi connectivity index (χ1v) is 9.68. The number of benzene rings is 2. The molecule has 1 heterocycles. The van der Waals surface area contributed by atoms with E-state index in [2.05, 4.69) is 14.4 Å². The molecular formula is C18H18N2O5S. The molecule has 0 aliphatic heterocycles. The summed E-state index contributed by atoms with van der Waals surface area (Å²) in [5.74, 6) is -0.531. The van der Waals surface area contributed by atoms with Gasteiger partial charge in [-0.1, -0.05) is 56.3 Å². The van der Waals surface area contributed by atoms with Gasteiger partial charge in [-0.2, -0.15) is 8.42 Å². The van der Waals surface area contributed by atoms with Crippen LogP contribution in [0.4, 0.5) is 0 Å². The van der Waals surface area contributed by atoms with Crippen molar-refractivity contribution in [2.45, 2.75) is 20.8 Å². The predicted octanol–water partition coefficient (Wildman–Crippen LogP) is 3.28. The second kappa shape index (κ2) is 6.21. The van der Waals surface area contributed by atoms with Gasteiger partial charge in [-0.05, 0) is 11.5 Å². The minimum absolute atomic E-state index is 0.0834. The highest BCUT2D eigenvalue weighted by molar-refractivity contribution is 7.85. The van der Waals surface area contributed by atoms with Crippen molar-refractivity contribution in [3.05, 3.63) is 42.3 Å². The van der Waals surface area contributed by atoms with Crippen LogP contribution in [0.5, 0.6) is 0 Å². The fourth-order valence-electron chi connectivity index (χ4n) is 2.40. The lowest BCUT2D eigenvalue weighted by Crippen LogP contribution is -2.30. The summed E-state index contributed by atoms with van der Waals surface area (Å²) >= 11 is 0. The number of aromatic nitrogens is 1. The summed E-state index contributed by atoms with van der Waals surface area (Å²) < 4.78 is 32.8. The molecule has 0 atom stereocenters. The van der Waals surface area contributed by atoms with Crippen molar-refractivity contribution < 1.29 is 21.9 Å². The molecule has 0 fully saturated rings. The number of nitrogens with zero attached hydrogens (tertiary/aromatic N) is 2. The third-order valence-electron chi connectivity index (χ3n) is 3.65. The van der Waals surface area contributed by atoms with Crippen molar-refractivity contribution in [1.29, 1.82) is 0 Å². The maximum absolute atomic E-state index is 12.7. The van der Waals surface area contributed by atoms with Crippen molar-refractivity contribution in [2.24, 2.45) is 10.6 Å². The van der Waals surface area contributed by atoms with Crippen LogP contribution in [0.1, 0.15) is 26.7 Å². The van der Waals surface area contributed by atoms with E-state index >= 15 is 0 Å². The summed E-state index contributed by atoms with van der Waals surface area (Å²) in [4.78, 5) is 17.1. The summed E-state index contributed by atoms with van der Waals surface area (Å²) in [7, 11) is -3.88. The molecule has 7 nitrogen and oxygen atoms in total. The first kappa shape index (κ1) is 18.1. The quantitative estimate of drug-likeness (QED) is 0.513. The second-order valence-corrected chi connectivity index (χ2v) is 8.51. The van der Waals surface area contributed by atoms with Crippen LogP contribution in [0.3, 0.4) is 0 Å². The van der Waals surface area contributed by atoms with Gasteiger partial charge in [-0.15, -0.1) is 0 Å². The van der Waals surface area contributed by atoms with E-state index in [1.54, 1.807) is 26.8 Å². The molecule has 2 aromatic carbocycles. The van der Waals surface area contributed by atoms with Gasteiger partial charge in [0, 0.05) is 10.8 Å². The molecule has 3 aromatic rings. The zero-order chi connectivity index (χ0) is 19.1. The van der Waals surface area contributed by atoms with Gasteiger partial charge in [0.15, 0.2) is 11.4 Å². The van der Waals surface area contributed by atoms with Gasteiger partial charge < -0.3 is 4.42 Å². The summed E-state index contributed by atoms with van der Waals surface area (Å²) in [6.45, 7) is 5.05. The zero-order valence-corrected chi connectivity index (χ0v) is 15.6. The molecule has 1 aromatic heterocycles. The smallest absolute Gasteiger partial charge is 0.325 e. The van der Waals surface area contributed by atoms with E-state index in [1.807, 2.05) is 30.3 Å². The van der Waals surface area contributed by atoms with Crippen LogP contribution >= 0.6 is 0 Å². The standard InChI is InChI=1S/C18H18N2O5S/c1-18(2,3)16(21)15(20-25-26(4,22)23)17-19-14-12-8-6-5-7-11(12)9-10-13(14)24-17/h5-10H,1-4H3. The van der Waals surface area contributed by atoms with Gasteiger partial charge in [-0.25, -0.2) is 4.98 Å². The average molecular weight is 374 g/mol. The molecule has 26 heavy (non-hydrogen) atoms. The van der Waals surface area contributed by atoms with Gasteiger partial charge in [0.05, 0.1) is 6.26 Å². The Kier molecular flexibility index (Phi) is 4.31. The van der Waals surface area contributed by atoms with Crippen molar-refractivity contribution in [3.8, 4) is 0 Å². The molecule has 0 amide bonds. The zero-order valence-electron chi connectivity index (χ0n) is 14.8. The average Bonchev–Trinajstić information content (AvgIpc) is 2.97. The fourth-order valence-corrected chi connectivity index (χ4v) is 2.61. The molecule has 0 bridgehead atoms.